The highest BCUT2D eigenvalue weighted by Gasteiger charge is 2.25. The smallest absolute Gasteiger partial charge is 0.123 e. The lowest BCUT2D eigenvalue weighted by Gasteiger charge is -2.13. The number of nitrogens with zero attached hydrogens (tertiary/aromatic N) is 1. The van der Waals surface area contributed by atoms with Crippen LogP contribution in [0, 0.1) is 0 Å². The number of benzene rings is 3. The molecule has 0 fully saturated rings. The second-order valence-corrected chi connectivity index (χ2v) is 6.78. The van der Waals surface area contributed by atoms with Crippen molar-refractivity contribution in [3.63, 3.8) is 0 Å². The number of pyridine rings is 1. The Kier molecular flexibility index (Phi) is 3.47. The van der Waals surface area contributed by atoms with E-state index in [2.05, 4.69) is 12.1 Å². The van der Waals surface area contributed by atoms with Crippen LogP contribution < -0.4 is 0 Å². The lowest BCUT2D eigenvalue weighted by Crippen LogP contribution is -1.94. The van der Waals surface area contributed by atoms with Crippen LogP contribution in [0.5, 0.6) is 11.5 Å². The molecule has 3 nitrogen and oxygen atoms in total. The fourth-order valence-electron chi connectivity index (χ4n) is 3.79. The number of hydrogen-bond acceptors (Lipinski definition) is 3. The molecule has 1 aliphatic rings. The molecule has 3 heteroatoms. The molecule has 0 bridgehead atoms. The van der Waals surface area contributed by atoms with Gasteiger partial charge >= 0.3 is 0 Å². The van der Waals surface area contributed by atoms with Crippen molar-refractivity contribution in [2.45, 2.75) is 6.42 Å². The first-order valence-corrected chi connectivity index (χ1v) is 8.90. The summed E-state index contributed by atoms with van der Waals surface area (Å²) in [7, 11) is 0. The molecule has 3 aromatic carbocycles. The van der Waals surface area contributed by atoms with Crippen molar-refractivity contribution in [1.82, 2.24) is 4.98 Å². The van der Waals surface area contributed by atoms with E-state index in [0.717, 1.165) is 45.6 Å². The molecule has 0 unspecified atom stereocenters. The van der Waals surface area contributed by atoms with Crippen LogP contribution in [-0.2, 0) is 6.42 Å². The average molecular weight is 351 g/mol. The van der Waals surface area contributed by atoms with Gasteiger partial charge in [-0.1, -0.05) is 42.5 Å². The summed E-state index contributed by atoms with van der Waals surface area (Å²) in [5.74, 6) is 0.490. The average Bonchev–Trinajstić information content (AvgIpc) is 3.07. The van der Waals surface area contributed by atoms with Crippen LogP contribution in [0.1, 0.15) is 11.1 Å². The first kappa shape index (κ1) is 15.6. The fraction of sp³-hybridized carbons (Fsp3) is 0.0417. The van der Waals surface area contributed by atoms with Crippen molar-refractivity contribution < 1.29 is 10.2 Å². The normalized spacial score (nSPS) is 11.9. The Bertz CT molecular complexity index is 1160. The Morgan fingerprint density at radius 3 is 2.19 bits per heavy atom. The molecule has 0 saturated carbocycles. The molecular formula is C24H17NO2. The van der Waals surface area contributed by atoms with E-state index < -0.39 is 0 Å². The van der Waals surface area contributed by atoms with E-state index in [1.807, 2.05) is 48.5 Å². The Labute approximate surface area is 157 Å². The maximum atomic E-state index is 10.5. The molecule has 27 heavy (non-hydrogen) atoms. The Morgan fingerprint density at radius 2 is 1.41 bits per heavy atom. The quantitative estimate of drug-likeness (QED) is 0.448. The maximum Gasteiger partial charge on any atom is 0.123 e. The van der Waals surface area contributed by atoms with E-state index in [-0.39, 0.29) is 11.5 Å². The second-order valence-electron chi connectivity index (χ2n) is 6.78. The first-order valence-electron chi connectivity index (χ1n) is 8.90. The van der Waals surface area contributed by atoms with Gasteiger partial charge in [0, 0.05) is 23.1 Å². The number of hydrogen-bond donors (Lipinski definition) is 2. The van der Waals surface area contributed by atoms with Crippen LogP contribution in [0.25, 0.3) is 33.6 Å². The van der Waals surface area contributed by atoms with Gasteiger partial charge in [-0.05, 0) is 53.1 Å². The van der Waals surface area contributed by atoms with E-state index >= 15 is 0 Å². The van der Waals surface area contributed by atoms with E-state index in [9.17, 15) is 10.2 Å². The van der Waals surface area contributed by atoms with Crippen molar-refractivity contribution >= 4 is 0 Å². The number of rotatable bonds is 2. The van der Waals surface area contributed by atoms with Gasteiger partial charge in [-0.15, -0.1) is 0 Å². The van der Waals surface area contributed by atoms with Crippen LogP contribution in [-0.4, -0.2) is 15.2 Å². The zero-order valence-electron chi connectivity index (χ0n) is 14.6. The Morgan fingerprint density at radius 1 is 0.704 bits per heavy atom. The van der Waals surface area contributed by atoms with Gasteiger partial charge in [0.2, 0.25) is 0 Å². The van der Waals surface area contributed by atoms with Gasteiger partial charge in [0.05, 0.1) is 11.4 Å². The van der Waals surface area contributed by atoms with Gasteiger partial charge in [-0.2, -0.15) is 0 Å². The largest absolute Gasteiger partial charge is 0.508 e. The number of fused-ring (bicyclic) bond motifs is 3. The summed E-state index contributed by atoms with van der Waals surface area (Å²) in [6.07, 6.45) is 0.804. The standard InChI is InChI=1S/C24H17NO2/c26-17-11-9-15(10-12-17)22-14-20(19-7-3-4-8-23(19)27)21-13-16-5-1-2-6-18(16)24(21)25-22/h1-12,14,26-27H,13H2. The molecule has 0 atom stereocenters. The molecule has 1 aliphatic carbocycles. The summed E-state index contributed by atoms with van der Waals surface area (Å²) in [5.41, 5.74) is 8.06. The second kappa shape index (κ2) is 5.99. The minimum atomic E-state index is 0.228. The lowest BCUT2D eigenvalue weighted by molar-refractivity contribution is 0.475. The van der Waals surface area contributed by atoms with E-state index in [4.69, 9.17) is 4.98 Å². The zero-order chi connectivity index (χ0) is 18.4. The molecule has 130 valence electrons. The number of para-hydroxylation sites is 1. The van der Waals surface area contributed by atoms with Crippen LogP contribution in [0.3, 0.4) is 0 Å². The minimum Gasteiger partial charge on any atom is -0.508 e. The Balaban J connectivity index is 1.80. The third kappa shape index (κ3) is 2.56. The summed E-state index contributed by atoms with van der Waals surface area (Å²) >= 11 is 0. The van der Waals surface area contributed by atoms with Crippen LogP contribution in [0.15, 0.2) is 78.9 Å². The molecule has 0 aliphatic heterocycles. The summed E-state index contributed by atoms with van der Waals surface area (Å²) in [4.78, 5) is 4.95. The van der Waals surface area contributed by atoms with Crippen molar-refractivity contribution in [1.29, 1.82) is 0 Å². The highest BCUT2D eigenvalue weighted by Crippen LogP contribution is 2.44. The maximum absolute atomic E-state index is 10.5. The zero-order valence-corrected chi connectivity index (χ0v) is 14.6. The predicted molar refractivity (Wildman–Crippen MR) is 107 cm³/mol. The number of aromatic nitrogens is 1. The van der Waals surface area contributed by atoms with Gasteiger partial charge < -0.3 is 10.2 Å². The van der Waals surface area contributed by atoms with Gasteiger partial charge in [0.15, 0.2) is 0 Å². The Hall–Kier alpha value is -3.59. The molecular weight excluding hydrogens is 334 g/mol. The summed E-state index contributed by atoms with van der Waals surface area (Å²) in [6, 6.07) is 24.8. The van der Waals surface area contributed by atoms with Gasteiger partial charge in [-0.25, -0.2) is 4.98 Å². The highest BCUT2D eigenvalue weighted by atomic mass is 16.3. The van der Waals surface area contributed by atoms with Crippen LogP contribution >= 0.6 is 0 Å². The van der Waals surface area contributed by atoms with Gasteiger partial charge in [-0.3, -0.25) is 0 Å². The third-order valence-corrected chi connectivity index (χ3v) is 5.12. The first-order chi connectivity index (χ1) is 13.2. The SMILES string of the molecule is Oc1ccc(-c2cc(-c3ccccc3O)c3c(n2)-c2ccccc2C3)cc1. The molecule has 0 spiro atoms. The summed E-state index contributed by atoms with van der Waals surface area (Å²) in [6.45, 7) is 0. The monoisotopic (exact) mass is 351 g/mol. The number of aromatic hydroxyl groups is 2. The summed E-state index contributed by atoms with van der Waals surface area (Å²) < 4.78 is 0. The topological polar surface area (TPSA) is 53.4 Å². The van der Waals surface area contributed by atoms with Gasteiger partial charge in [0.25, 0.3) is 0 Å². The molecule has 1 aromatic heterocycles. The molecule has 0 amide bonds. The molecule has 0 saturated heterocycles. The number of phenols is 2. The molecule has 4 aromatic rings. The number of phenolic OH excluding ortho intramolecular Hbond substituents is 2. The van der Waals surface area contributed by atoms with Crippen molar-refractivity contribution in [2.24, 2.45) is 0 Å². The molecule has 5 rings (SSSR count). The van der Waals surface area contributed by atoms with E-state index in [1.165, 1.54) is 5.56 Å². The third-order valence-electron chi connectivity index (χ3n) is 5.12. The minimum absolute atomic E-state index is 0.228. The molecule has 0 radical (unpaired) electrons. The van der Waals surface area contributed by atoms with Crippen molar-refractivity contribution in [2.75, 3.05) is 0 Å². The molecule has 2 N–H and O–H groups in total. The van der Waals surface area contributed by atoms with E-state index in [1.54, 1.807) is 18.2 Å². The van der Waals surface area contributed by atoms with Crippen molar-refractivity contribution in [3.8, 4) is 45.1 Å². The predicted octanol–water partition coefficient (Wildman–Crippen LogP) is 5.40. The molecule has 1 heterocycles. The summed E-state index contributed by atoms with van der Waals surface area (Å²) in [5, 5.41) is 20.1. The van der Waals surface area contributed by atoms with Crippen LogP contribution in [0.4, 0.5) is 0 Å². The highest BCUT2D eigenvalue weighted by molar-refractivity contribution is 5.87. The van der Waals surface area contributed by atoms with E-state index in [0.29, 0.717) is 0 Å². The van der Waals surface area contributed by atoms with Crippen LogP contribution in [0.2, 0.25) is 0 Å². The van der Waals surface area contributed by atoms with Crippen molar-refractivity contribution in [3.05, 3.63) is 90.0 Å². The lowest BCUT2D eigenvalue weighted by atomic mass is 9.95. The van der Waals surface area contributed by atoms with Gasteiger partial charge in [0.1, 0.15) is 11.5 Å². The fourth-order valence-corrected chi connectivity index (χ4v) is 3.79.